The Hall–Kier alpha value is -0.860. The summed E-state index contributed by atoms with van der Waals surface area (Å²) in [5, 5.41) is 14.0. The van der Waals surface area contributed by atoms with E-state index in [1.54, 1.807) is 0 Å². The van der Waals surface area contributed by atoms with Gasteiger partial charge < -0.3 is 10.4 Å². The first-order valence-electron chi connectivity index (χ1n) is 7.35. The second kappa shape index (κ2) is 4.07. The number of aliphatic hydroxyl groups excluding tert-OH is 1. The van der Waals surface area contributed by atoms with Gasteiger partial charge in [-0.05, 0) is 35.8 Å². The average Bonchev–Trinajstić information content (AvgIpc) is 2.87. The molecule has 0 bridgehead atoms. The summed E-state index contributed by atoms with van der Waals surface area (Å²) < 4.78 is 0. The van der Waals surface area contributed by atoms with Crippen LogP contribution in [0.3, 0.4) is 0 Å². The van der Waals surface area contributed by atoms with Crippen molar-refractivity contribution in [2.75, 3.05) is 0 Å². The van der Waals surface area contributed by atoms with Gasteiger partial charge in [0.1, 0.15) is 0 Å². The molecule has 1 aromatic rings. The second-order valence-electron chi connectivity index (χ2n) is 6.31. The van der Waals surface area contributed by atoms with Gasteiger partial charge in [0.05, 0.1) is 12.1 Å². The first kappa shape index (κ1) is 11.0. The molecule has 0 heterocycles. The maximum absolute atomic E-state index is 10.3. The van der Waals surface area contributed by atoms with Crippen LogP contribution in [0.5, 0.6) is 0 Å². The topological polar surface area (TPSA) is 32.3 Å². The molecule has 0 aromatic heterocycles. The van der Waals surface area contributed by atoms with Crippen molar-refractivity contribution in [3.8, 4) is 0 Å². The number of nitrogens with one attached hydrogen (secondary N) is 1. The van der Waals surface area contributed by atoms with E-state index < -0.39 is 0 Å². The molecule has 3 aliphatic rings. The minimum absolute atomic E-state index is 0.174. The third-order valence-electron chi connectivity index (χ3n) is 5.39. The molecular weight excluding hydrogens is 222 g/mol. The summed E-state index contributed by atoms with van der Waals surface area (Å²) in [4.78, 5) is 0. The van der Waals surface area contributed by atoms with E-state index in [0.717, 1.165) is 18.3 Å². The van der Waals surface area contributed by atoms with Crippen LogP contribution in [0.1, 0.15) is 42.9 Å². The summed E-state index contributed by atoms with van der Waals surface area (Å²) in [6, 6.07) is 9.32. The number of aliphatic hydroxyl groups is 1. The molecule has 2 heteroatoms. The van der Waals surface area contributed by atoms with Gasteiger partial charge >= 0.3 is 0 Å². The molecule has 0 radical (unpaired) electrons. The maximum atomic E-state index is 10.3. The van der Waals surface area contributed by atoms with Crippen LogP contribution < -0.4 is 5.32 Å². The number of rotatable bonds is 2. The third-order valence-corrected chi connectivity index (χ3v) is 5.39. The summed E-state index contributed by atoms with van der Waals surface area (Å²) in [7, 11) is 0. The van der Waals surface area contributed by atoms with E-state index in [-0.39, 0.29) is 12.1 Å². The SMILES string of the molecule is OC1Cc2ccccc2C1NC1C[C@@H]2CCC[C@H]12. The van der Waals surface area contributed by atoms with Crippen LogP contribution in [0.2, 0.25) is 0 Å². The lowest BCUT2D eigenvalue weighted by molar-refractivity contribution is 0.0805. The largest absolute Gasteiger partial charge is 0.391 e. The molecule has 0 amide bonds. The fourth-order valence-corrected chi connectivity index (χ4v) is 4.39. The van der Waals surface area contributed by atoms with Gasteiger partial charge in [-0.1, -0.05) is 37.1 Å². The molecule has 3 aliphatic carbocycles. The lowest BCUT2D eigenvalue weighted by Crippen LogP contribution is -2.50. The fraction of sp³-hybridized carbons (Fsp3) is 0.625. The molecule has 5 atom stereocenters. The summed E-state index contributed by atoms with van der Waals surface area (Å²) in [5.74, 6) is 1.88. The standard InChI is InChI=1S/C16H21NO/c18-15-9-11-4-1-2-6-13(11)16(15)17-14-8-10-5-3-7-12(10)14/h1-2,4,6,10,12,14-18H,3,5,7-9H2/t10-,12-,14?,15?,16?/m0/s1. The zero-order valence-electron chi connectivity index (χ0n) is 10.7. The highest BCUT2D eigenvalue weighted by Gasteiger charge is 2.45. The van der Waals surface area contributed by atoms with E-state index in [0.29, 0.717) is 6.04 Å². The van der Waals surface area contributed by atoms with Crippen molar-refractivity contribution >= 4 is 0 Å². The fourth-order valence-electron chi connectivity index (χ4n) is 4.39. The van der Waals surface area contributed by atoms with Crippen molar-refractivity contribution in [1.29, 1.82) is 0 Å². The molecule has 2 fully saturated rings. The van der Waals surface area contributed by atoms with Gasteiger partial charge in [-0.25, -0.2) is 0 Å². The van der Waals surface area contributed by atoms with Crippen LogP contribution in [0.25, 0.3) is 0 Å². The zero-order chi connectivity index (χ0) is 12.1. The molecule has 96 valence electrons. The molecule has 2 saturated carbocycles. The molecule has 2 nitrogen and oxygen atoms in total. The maximum Gasteiger partial charge on any atom is 0.0775 e. The summed E-state index contributed by atoms with van der Waals surface area (Å²) >= 11 is 0. The van der Waals surface area contributed by atoms with E-state index >= 15 is 0 Å². The monoisotopic (exact) mass is 243 g/mol. The van der Waals surface area contributed by atoms with Crippen molar-refractivity contribution < 1.29 is 5.11 Å². The second-order valence-corrected chi connectivity index (χ2v) is 6.31. The van der Waals surface area contributed by atoms with Crippen molar-refractivity contribution in [1.82, 2.24) is 5.32 Å². The summed E-state index contributed by atoms with van der Waals surface area (Å²) in [6.07, 6.45) is 6.16. The Bertz CT molecular complexity index is 458. The number of benzene rings is 1. The van der Waals surface area contributed by atoms with Crippen LogP contribution in [-0.4, -0.2) is 17.3 Å². The van der Waals surface area contributed by atoms with Crippen molar-refractivity contribution in [3.05, 3.63) is 35.4 Å². The van der Waals surface area contributed by atoms with Crippen molar-refractivity contribution in [2.24, 2.45) is 11.8 Å². The van der Waals surface area contributed by atoms with Gasteiger partial charge in [-0.2, -0.15) is 0 Å². The molecule has 1 aromatic carbocycles. The van der Waals surface area contributed by atoms with E-state index in [4.69, 9.17) is 0 Å². The van der Waals surface area contributed by atoms with Gasteiger partial charge in [0, 0.05) is 12.5 Å². The van der Waals surface area contributed by atoms with Gasteiger partial charge in [0.15, 0.2) is 0 Å². The van der Waals surface area contributed by atoms with Crippen LogP contribution in [0, 0.1) is 11.8 Å². The van der Waals surface area contributed by atoms with Crippen LogP contribution in [0.15, 0.2) is 24.3 Å². The van der Waals surface area contributed by atoms with Gasteiger partial charge in [0.2, 0.25) is 0 Å². The Morgan fingerprint density at radius 3 is 2.94 bits per heavy atom. The predicted octanol–water partition coefficient (Wildman–Crippen LogP) is 2.42. The first-order valence-corrected chi connectivity index (χ1v) is 7.35. The molecule has 3 unspecified atom stereocenters. The first-order chi connectivity index (χ1) is 8.83. The molecule has 0 aliphatic heterocycles. The van der Waals surface area contributed by atoms with Crippen LogP contribution >= 0.6 is 0 Å². The normalized spacial score (nSPS) is 41.3. The Kier molecular flexibility index (Phi) is 2.49. The number of hydrogen-bond acceptors (Lipinski definition) is 2. The van der Waals surface area contributed by atoms with E-state index in [9.17, 15) is 5.11 Å². The van der Waals surface area contributed by atoms with E-state index in [2.05, 4.69) is 29.6 Å². The Morgan fingerprint density at radius 1 is 1.17 bits per heavy atom. The lowest BCUT2D eigenvalue weighted by atomic mass is 9.71. The minimum Gasteiger partial charge on any atom is -0.391 e. The molecule has 4 rings (SSSR count). The van der Waals surface area contributed by atoms with Gasteiger partial charge in [-0.3, -0.25) is 0 Å². The zero-order valence-corrected chi connectivity index (χ0v) is 10.7. The number of hydrogen-bond donors (Lipinski definition) is 2. The van der Waals surface area contributed by atoms with Crippen molar-refractivity contribution in [3.63, 3.8) is 0 Å². The van der Waals surface area contributed by atoms with Crippen LogP contribution in [-0.2, 0) is 6.42 Å². The minimum atomic E-state index is -0.233. The molecule has 0 spiro atoms. The summed E-state index contributed by atoms with van der Waals surface area (Å²) in [6.45, 7) is 0. The van der Waals surface area contributed by atoms with Gasteiger partial charge in [-0.15, -0.1) is 0 Å². The highest BCUT2D eigenvalue weighted by Crippen LogP contribution is 2.48. The smallest absolute Gasteiger partial charge is 0.0775 e. The Morgan fingerprint density at radius 2 is 2.06 bits per heavy atom. The Labute approximate surface area is 108 Å². The highest BCUT2D eigenvalue weighted by atomic mass is 16.3. The third kappa shape index (κ3) is 1.55. The van der Waals surface area contributed by atoms with Crippen molar-refractivity contribution in [2.45, 2.75) is 50.3 Å². The quantitative estimate of drug-likeness (QED) is 0.836. The van der Waals surface area contributed by atoms with E-state index in [1.165, 1.54) is 36.8 Å². The van der Waals surface area contributed by atoms with E-state index in [1.807, 2.05) is 0 Å². The van der Waals surface area contributed by atoms with Gasteiger partial charge in [0.25, 0.3) is 0 Å². The lowest BCUT2D eigenvalue weighted by Gasteiger charge is -2.43. The number of fused-ring (bicyclic) bond motifs is 2. The highest BCUT2D eigenvalue weighted by molar-refractivity contribution is 5.36. The molecule has 2 N–H and O–H groups in total. The summed E-state index contributed by atoms with van der Waals surface area (Å²) in [5.41, 5.74) is 2.65. The van der Waals surface area contributed by atoms with Crippen LogP contribution in [0.4, 0.5) is 0 Å². The Balaban J connectivity index is 1.52. The molecular formula is C16H21NO. The predicted molar refractivity (Wildman–Crippen MR) is 71.3 cm³/mol. The molecule has 0 saturated heterocycles. The molecule has 18 heavy (non-hydrogen) atoms. The average molecular weight is 243 g/mol.